The maximum absolute atomic E-state index is 12.1. The first kappa shape index (κ1) is 15.2. The maximum Gasteiger partial charge on any atom is 0.244 e. The molecule has 5 heteroatoms. The van der Waals surface area contributed by atoms with Crippen molar-refractivity contribution in [3.8, 4) is 11.5 Å². The second-order valence-corrected chi connectivity index (χ2v) is 5.73. The standard InChI is InChI=1S/C20H16N2O3/c23-20(11-14-8-9-18-19(10-14)25-13-24-18)22-21-12-16-6-3-5-15-4-1-2-7-17(15)16/h1-10,12H,11,13H2,(H,22,23)/b21-12-. The Morgan fingerprint density at radius 2 is 1.88 bits per heavy atom. The third-order valence-electron chi connectivity index (χ3n) is 4.02. The molecule has 1 heterocycles. The zero-order valence-electron chi connectivity index (χ0n) is 13.4. The van der Waals surface area contributed by atoms with Crippen molar-refractivity contribution in [2.24, 2.45) is 5.10 Å². The number of nitrogens with one attached hydrogen (secondary N) is 1. The van der Waals surface area contributed by atoms with E-state index in [9.17, 15) is 4.79 Å². The Balaban J connectivity index is 1.42. The molecule has 1 aliphatic heterocycles. The predicted octanol–water partition coefficient (Wildman–Crippen LogP) is 3.26. The van der Waals surface area contributed by atoms with Gasteiger partial charge in [-0.05, 0) is 28.5 Å². The molecule has 0 radical (unpaired) electrons. The highest BCUT2D eigenvalue weighted by atomic mass is 16.7. The van der Waals surface area contributed by atoms with Crippen LogP contribution in [0.2, 0.25) is 0 Å². The van der Waals surface area contributed by atoms with Crippen molar-refractivity contribution in [1.29, 1.82) is 0 Å². The summed E-state index contributed by atoms with van der Waals surface area (Å²) in [6, 6.07) is 19.5. The summed E-state index contributed by atoms with van der Waals surface area (Å²) in [6.07, 6.45) is 1.89. The van der Waals surface area contributed by atoms with Crippen molar-refractivity contribution in [3.63, 3.8) is 0 Å². The zero-order chi connectivity index (χ0) is 17.1. The average molecular weight is 332 g/mol. The number of carbonyl (C=O) groups is 1. The summed E-state index contributed by atoms with van der Waals surface area (Å²) >= 11 is 0. The highest BCUT2D eigenvalue weighted by Crippen LogP contribution is 2.32. The Morgan fingerprint density at radius 3 is 2.84 bits per heavy atom. The molecule has 25 heavy (non-hydrogen) atoms. The van der Waals surface area contributed by atoms with E-state index in [-0.39, 0.29) is 19.1 Å². The molecule has 1 N–H and O–H groups in total. The molecule has 5 nitrogen and oxygen atoms in total. The largest absolute Gasteiger partial charge is 0.454 e. The van der Waals surface area contributed by atoms with Gasteiger partial charge < -0.3 is 9.47 Å². The summed E-state index contributed by atoms with van der Waals surface area (Å²) in [5.74, 6) is 1.19. The van der Waals surface area contributed by atoms with Gasteiger partial charge in [-0.2, -0.15) is 5.10 Å². The Morgan fingerprint density at radius 1 is 1.04 bits per heavy atom. The first-order valence-corrected chi connectivity index (χ1v) is 7.98. The fraction of sp³-hybridized carbons (Fsp3) is 0.100. The number of nitrogens with zero attached hydrogens (tertiary/aromatic N) is 1. The molecule has 0 spiro atoms. The number of carbonyl (C=O) groups excluding carboxylic acids is 1. The van der Waals surface area contributed by atoms with Gasteiger partial charge in [0, 0.05) is 5.56 Å². The van der Waals surface area contributed by atoms with Crippen LogP contribution in [0.1, 0.15) is 11.1 Å². The lowest BCUT2D eigenvalue weighted by atomic mass is 10.1. The minimum Gasteiger partial charge on any atom is -0.454 e. The molecule has 3 aromatic carbocycles. The van der Waals surface area contributed by atoms with E-state index in [0.29, 0.717) is 11.5 Å². The van der Waals surface area contributed by atoms with Gasteiger partial charge in [-0.25, -0.2) is 5.43 Å². The van der Waals surface area contributed by atoms with Gasteiger partial charge in [0.2, 0.25) is 12.7 Å². The van der Waals surface area contributed by atoms with Crippen LogP contribution in [0, 0.1) is 0 Å². The van der Waals surface area contributed by atoms with Crippen LogP contribution in [-0.4, -0.2) is 18.9 Å². The SMILES string of the molecule is O=C(Cc1ccc2c(c1)OCO2)N/N=C\c1cccc2ccccc12. The highest BCUT2D eigenvalue weighted by molar-refractivity contribution is 5.99. The molecule has 0 unspecified atom stereocenters. The Bertz CT molecular complexity index is 961. The van der Waals surface area contributed by atoms with Gasteiger partial charge in [-0.1, -0.05) is 48.5 Å². The third kappa shape index (κ3) is 3.30. The van der Waals surface area contributed by atoms with Crippen molar-refractivity contribution in [3.05, 3.63) is 71.8 Å². The lowest BCUT2D eigenvalue weighted by Gasteiger charge is -2.03. The van der Waals surface area contributed by atoms with Crippen LogP contribution in [0.3, 0.4) is 0 Å². The van der Waals surface area contributed by atoms with Gasteiger partial charge in [0.15, 0.2) is 11.5 Å². The second kappa shape index (κ2) is 6.65. The average Bonchev–Trinajstić information content (AvgIpc) is 3.10. The molecule has 1 amide bonds. The van der Waals surface area contributed by atoms with E-state index in [1.807, 2.05) is 60.7 Å². The third-order valence-corrected chi connectivity index (χ3v) is 4.02. The highest BCUT2D eigenvalue weighted by Gasteiger charge is 2.14. The van der Waals surface area contributed by atoms with Crippen molar-refractivity contribution < 1.29 is 14.3 Å². The van der Waals surface area contributed by atoms with E-state index in [4.69, 9.17) is 9.47 Å². The Labute approximate surface area is 144 Å². The molecule has 0 aromatic heterocycles. The van der Waals surface area contributed by atoms with Crippen LogP contribution in [0.4, 0.5) is 0 Å². The number of amides is 1. The van der Waals surface area contributed by atoms with Crippen LogP contribution in [0.25, 0.3) is 10.8 Å². The first-order chi connectivity index (χ1) is 12.3. The normalized spacial score (nSPS) is 12.6. The van der Waals surface area contributed by atoms with Crippen LogP contribution in [0.15, 0.2) is 65.8 Å². The second-order valence-electron chi connectivity index (χ2n) is 5.73. The summed E-state index contributed by atoms with van der Waals surface area (Å²) in [5, 5.41) is 6.31. The van der Waals surface area contributed by atoms with Gasteiger partial charge in [-0.3, -0.25) is 4.79 Å². The van der Waals surface area contributed by atoms with Gasteiger partial charge in [-0.15, -0.1) is 0 Å². The number of hydrogen-bond acceptors (Lipinski definition) is 4. The first-order valence-electron chi connectivity index (χ1n) is 7.98. The summed E-state index contributed by atoms with van der Waals surface area (Å²) < 4.78 is 10.6. The van der Waals surface area contributed by atoms with E-state index in [2.05, 4.69) is 10.5 Å². The molecule has 0 saturated carbocycles. The van der Waals surface area contributed by atoms with Crippen LogP contribution < -0.4 is 14.9 Å². The molecule has 0 aliphatic carbocycles. The summed E-state index contributed by atoms with van der Waals surface area (Å²) in [7, 11) is 0. The minimum absolute atomic E-state index is 0.185. The number of ether oxygens (including phenoxy) is 2. The topological polar surface area (TPSA) is 59.9 Å². The summed E-state index contributed by atoms with van der Waals surface area (Å²) in [6.45, 7) is 0.223. The Kier molecular flexibility index (Phi) is 4.04. The maximum atomic E-state index is 12.1. The number of rotatable bonds is 4. The molecule has 3 aromatic rings. The predicted molar refractivity (Wildman–Crippen MR) is 96.0 cm³/mol. The van der Waals surface area contributed by atoms with Gasteiger partial charge in [0.1, 0.15) is 0 Å². The van der Waals surface area contributed by atoms with E-state index < -0.39 is 0 Å². The molecule has 0 fully saturated rings. The van der Waals surface area contributed by atoms with Crippen molar-refractivity contribution in [2.75, 3.05) is 6.79 Å². The van der Waals surface area contributed by atoms with Gasteiger partial charge in [0.05, 0.1) is 12.6 Å². The molecule has 0 saturated heterocycles. The van der Waals surface area contributed by atoms with Gasteiger partial charge >= 0.3 is 0 Å². The fourth-order valence-electron chi connectivity index (χ4n) is 2.81. The van der Waals surface area contributed by atoms with Crippen LogP contribution in [-0.2, 0) is 11.2 Å². The molecule has 1 aliphatic rings. The van der Waals surface area contributed by atoms with E-state index >= 15 is 0 Å². The summed E-state index contributed by atoms with van der Waals surface area (Å²) in [4.78, 5) is 12.1. The molecule has 0 atom stereocenters. The fourth-order valence-corrected chi connectivity index (χ4v) is 2.81. The van der Waals surface area contributed by atoms with E-state index in [1.165, 1.54) is 0 Å². The van der Waals surface area contributed by atoms with Crippen molar-refractivity contribution >= 4 is 22.9 Å². The molecular weight excluding hydrogens is 316 g/mol. The number of hydrazone groups is 1. The van der Waals surface area contributed by atoms with E-state index in [0.717, 1.165) is 21.9 Å². The van der Waals surface area contributed by atoms with E-state index in [1.54, 1.807) is 6.21 Å². The number of benzene rings is 3. The minimum atomic E-state index is -0.185. The lowest BCUT2D eigenvalue weighted by molar-refractivity contribution is -0.120. The zero-order valence-corrected chi connectivity index (χ0v) is 13.4. The lowest BCUT2D eigenvalue weighted by Crippen LogP contribution is -2.19. The van der Waals surface area contributed by atoms with Crippen LogP contribution >= 0.6 is 0 Å². The summed E-state index contributed by atoms with van der Waals surface area (Å²) in [5.41, 5.74) is 4.38. The molecule has 0 bridgehead atoms. The Hall–Kier alpha value is -3.34. The number of hydrogen-bond donors (Lipinski definition) is 1. The van der Waals surface area contributed by atoms with Crippen molar-refractivity contribution in [2.45, 2.75) is 6.42 Å². The van der Waals surface area contributed by atoms with Crippen LogP contribution in [0.5, 0.6) is 11.5 Å². The molecule has 124 valence electrons. The molecular formula is C20H16N2O3. The quantitative estimate of drug-likeness (QED) is 0.589. The van der Waals surface area contributed by atoms with Gasteiger partial charge in [0.25, 0.3) is 0 Å². The van der Waals surface area contributed by atoms with Crippen molar-refractivity contribution in [1.82, 2.24) is 5.43 Å². The number of fused-ring (bicyclic) bond motifs is 2. The smallest absolute Gasteiger partial charge is 0.244 e. The molecule has 4 rings (SSSR count). The monoisotopic (exact) mass is 332 g/mol.